The van der Waals surface area contributed by atoms with Crippen LogP contribution in [0.25, 0.3) is 22.7 Å². The smallest absolute Gasteiger partial charge is 0.341 e. The number of carboxylic acids is 1. The highest BCUT2D eigenvalue weighted by Crippen LogP contribution is 2.21. The van der Waals surface area contributed by atoms with E-state index in [2.05, 4.69) is 16.0 Å². The number of imidazole rings is 1. The van der Waals surface area contributed by atoms with Crippen LogP contribution in [-0.2, 0) is 4.79 Å². The summed E-state index contributed by atoms with van der Waals surface area (Å²) in [7, 11) is 0. The molecule has 0 aliphatic heterocycles. The third kappa shape index (κ3) is 3.42. The summed E-state index contributed by atoms with van der Waals surface area (Å²) in [6.45, 7) is -0.415. The molecule has 3 rings (SSSR count). The molecule has 6 heteroatoms. The molecule has 2 aromatic carbocycles. The molecule has 0 radical (unpaired) electrons. The van der Waals surface area contributed by atoms with Gasteiger partial charge in [-0.1, -0.05) is 24.3 Å². The highest BCUT2D eigenvalue weighted by Gasteiger charge is 2.08. The number of carboxylic acid groups (broad SMARTS) is 1. The van der Waals surface area contributed by atoms with Crippen LogP contribution >= 0.6 is 0 Å². The SMILES string of the molecule is N#C/C(=C\c1cccc(OCC(=O)O)c1)c1nc2ccccc2[nH]1. The zero-order valence-electron chi connectivity index (χ0n) is 12.6. The molecular formula is C18H13N3O3. The zero-order chi connectivity index (χ0) is 16.9. The Morgan fingerprint density at radius 1 is 1.29 bits per heavy atom. The summed E-state index contributed by atoms with van der Waals surface area (Å²) in [4.78, 5) is 18.1. The fourth-order valence-electron chi connectivity index (χ4n) is 2.24. The number of hydrogen-bond donors (Lipinski definition) is 2. The van der Waals surface area contributed by atoms with Gasteiger partial charge in [0.05, 0.1) is 16.6 Å². The molecule has 0 saturated carbocycles. The van der Waals surface area contributed by atoms with Gasteiger partial charge in [-0.2, -0.15) is 5.26 Å². The summed E-state index contributed by atoms with van der Waals surface area (Å²) in [5.41, 5.74) is 2.73. The van der Waals surface area contributed by atoms with Crippen LogP contribution in [0.4, 0.5) is 0 Å². The molecule has 0 spiro atoms. The minimum absolute atomic E-state index is 0.376. The van der Waals surface area contributed by atoms with Crippen LogP contribution in [0.1, 0.15) is 11.4 Å². The van der Waals surface area contributed by atoms with Gasteiger partial charge in [0.1, 0.15) is 17.6 Å². The summed E-state index contributed by atoms with van der Waals surface area (Å²) in [6.07, 6.45) is 1.67. The maximum Gasteiger partial charge on any atom is 0.341 e. The lowest BCUT2D eigenvalue weighted by atomic mass is 10.1. The first kappa shape index (κ1) is 15.3. The number of aliphatic carboxylic acids is 1. The van der Waals surface area contributed by atoms with Crippen molar-refractivity contribution in [1.29, 1.82) is 5.26 Å². The molecule has 1 heterocycles. The number of benzene rings is 2. The van der Waals surface area contributed by atoms with Gasteiger partial charge in [-0.25, -0.2) is 9.78 Å². The number of nitrogens with one attached hydrogen (secondary N) is 1. The van der Waals surface area contributed by atoms with E-state index in [1.165, 1.54) is 0 Å². The summed E-state index contributed by atoms with van der Waals surface area (Å²) in [5.74, 6) is -0.139. The van der Waals surface area contributed by atoms with Crippen LogP contribution in [0.15, 0.2) is 48.5 Å². The normalized spacial score (nSPS) is 11.2. The number of para-hydroxylation sites is 2. The van der Waals surface area contributed by atoms with Gasteiger partial charge in [0, 0.05) is 0 Å². The molecule has 1 aromatic heterocycles. The molecule has 0 fully saturated rings. The number of carbonyl (C=O) groups is 1. The number of nitrogens with zero attached hydrogens (tertiary/aromatic N) is 2. The fourth-order valence-corrected chi connectivity index (χ4v) is 2.24. The second-order valence-electron chi connectivity index (χ2n) is 5.03. The van der Waals surface area contributed by atoms with E-state index in [0.717, 1.165) is 16.6 Å². The van der Waals surface area contributed by atoms with Gasteiger partial charge in [0.15, 0.2) is 6.61 Å². The molecule has 0 unspecified atom stereocenters. The lowest BCUT2D eigenvalue weighted by Crippen LogP contribution is -2.09. The maximum absolute atomic E-state index is 10.6. The molecule has 0 bridgehead atoms. The molecule has 0 amide bonds. The van der Waals surface area contributed by atoms with E-state index in [0.29, 0.717) is 17.1 Å². The maximum atomic E-state index is 10.6. The van der Waals surface area contributed by atoms with Crippen LogP contribution in [0.5, 0.6) is 5.75 Å². The van der Waals surface area contributed by atoms with E-state index < -0.39 is 12.6 Å². The van der Waals surface area contributed by atoms with Crippen molar-refractivity contribution in [3.05, 3.63) is 59.9 Å². The van der Waals surface area contributed by atoms with Crippen molar-refractivity contribution in [3.8, 4) is 11.8 Å². The summed E-state index contributed by atoms with van der Waals surface area (Å²) in [6, 6.07) is 16.5. The van der Waals surface area contributed by atoms with Crippen molar-refractivity contribution < 1.29 is 14.6 Å². The standard InChI is InChI=1S/C18H13N3O3/c19-10-13(18-20-15-6-1-2-7-16(15)21-18)8-12-4-3-5-14(9-12)24-11-17(22)23/h1-9H,11H2,(H,20,21)(H,22,23)/b13-8+. The zero-order valence-corrected chi connectivity index (χ0v) is 12.6. The summed E-state index contributed by atoms with van der Waals surface area (Å²) < 4.78 is 5.14. The van der Waals surface area contributed by atoms with Gasteiger partial charge < -0.3 is 14.8 Å². The van der Waals surface area contributed by atoms with Crippen molar-refractivity contribution >= 4 is 28.7 Å². The largest absolute Gasteiger partial charge is 0.482 e. The van der Waals surface area contributed by atoms with Gasteiger partial charge in [0.25, 0.3) is 0 Å². The molecule has 118 valence electrons. The first-order valence-corrected chi connectivity index (χ1v) is 7.17. The van der Waals surface area contributed by atoms with Crippen molar-refractivity contribution in [2.45, 2.75) is 0 Å². The topological polar surface area (TPSA) is 99.0 Å². The first-order valence-electron chi connectivity index (χ1n) is 7.17. The highest BCUT2D eigenvalue weighted by molar-refractivity contribution is 5.90. The predicted octanol–water partition coefficient (Wildman–Crippen LogP) is 3.09. The summed E-state index contributed by atoms with van der Waals surface area (Å²) >= 11 is 0. The van der Waals surface area contributed by atoms with Crippen molar-refractivity contribution in [2.24, 2.45) is 0 Å². The predicted molar refractivity (Wildman–Crippen MR) is 89.2 cm³/mol. The first-order chi connectivity index (χ1) is 11.7. The molecular weight excluding hydrogens is 306 g/mol. The van der Waals surface area contributed by atoms with Crippen LogP contribution < -0.4 is 4.74 Å². The number of H-pyrrole nitrogens is 1. The Balaban J connectivity index is 1.91. The number of ether oxygens (including phenoxy) is 1. The van der Waals surface area contributed by atoms with Crippen LogP contribution in [0.3, 0.4) is 0 Å². The van der Waals surface area contributed by atoms with Crippen molar-refractivity contribution in [3.63, 3.8) is 0 Å². The number of hydrogen-bond acceptors (Lipinski definition) is 4. The third-order valence-electron chi connectivity index (χ3n) is 3.30. The summed E-state index contributed by atoms with van der Waals surface area (Å²) in [5, 5.41) is 18.1. The van der Waals surface area contributed by atoms with Gasteiger partial charge in [-0.05, 0) is 35.9 Å². The van der Waals surface area contributed by atoms with E-state index in [1.54, 1.807) is 30.3 Å². The Bertz CT molecular complexity index is 934. The number of nitriles is 1. The van der Waals surface area contributed by atoms with E-state index in [-0.39, 0.29) is 0 Å². The van der Waals surface area contributed by atoms with Crippen molar-refractivity contribution in [1.82, 2.24) is 9.97 Å². The minimum Gasteiger partial charge on any atom is -0.482 e. The lowest BCUT2D eigenvalue weighted by Gasteiger charge is -2.04. The monoisotopic (exact) mass is 319 g/mol. The molecule has 24 heavy (non-hydrogen) atoms. The number of allylic oxidation sites excluding steroid dienone is 1. The Morgan fingerprint density at radius 2 is 2.12 bits per heavy atom. The van der Waals surface area contributed by atoms with Crippen LogP contribution in [0.2, 0.25) is 0 Å². The van der Waals surface area contributed by atoms with E-state index in [1.807, 2.05) is 24.3 Å². The number of fused-ring (bicyclic) bond motifs is 1. The lowest BCUT2D eigenvalue weighted by molar-refractivity contribution is -0.139. The van der Waals surface area contributed by atoms with Gasteiger partial charge in [-0.15, -0.1) is 0 Å². The third-order valence-corrected chi connectivity index (χ3v) is 3.30. The van der Waals surface area contributed by atoms with E-state index >= 15 is 0 Å². The molecule has 0 aliphatic rings. The second-order valence-corrected chi connectivity index (χ2v) is 5.03. The molecule has 0 aliphatic carbocycles. The van der Waals surface area contributed by atoms with Crippen LogP contribution in [0, 0.1) is 11.3 Å². The van der Waals surface area contributed by atoms with Crippen molar-refractivity contribution in [2.75, 3.05) is 6.61 Å². The molecule has 6 nitrogen and oxygen atoms in total. The Morgan fingerprint density at radius 3 is 2.88 bits per heavy atom. The van der Waals surface area contributed by atoms with E-state index in [4.69, 9.17) is 9.84 Å². The van der Waals surface area contributed by atoms with Gasteiger partial charge in [-0.3, -0.25) is 0 Å². The minimum atomic E-state index is -1.05. The molecule has 0 saturated heterocycles. The highest BCUT2D eigenvalue weighted by atomic mass is 16.5. The van der Waals surface area contributed by atoms with Crippen LogP contribution in [-0.4, -0.2) is 27.7 Å². The number of rotatable bonds is 5. The molecule has 3 aromatic rings. The number of aromatic amines is 1. The van der Waals surface area contributed by atoms with Gasteiger partial charge in [0.2, 0.25) is 0 Å². The average molecular weight is 319 g/mol. The molecule has 0 atom stereocenters. The quantitative estimate of drug-likeness (QED) is 0.704. The average Bonchev–Trinajstić information content (AvgIpc) is 3.02. The fraction of sp³-hybridized carbons (Fsp3) is 0.0556. The Labute approximate surface area is 137 Å². The number of aromatic nitrogens is 2. The molecule has 2 N–H and O–H groups in total. The Hall–Kier alpha value is -3.59. The Kier molecular flexibility index (Phi) is 4.25. The second kappa shape index (κ2) is 6.67. The van der Waals surface area contributed by atoms with Gasteiger partial charge >= 0.3 is 5.97 Å². The van der Waals surface area contributed by atoms with E-state index in [9.17, 15) is 10.1 Å².